The average Bonchev–Trinajstić information content (AvgIpc) is 2.38. The third-order valence-corrected chi connectivity index (χ3v) is 4.16. The van der Waals surface area contributed by atoms with E-state index in [2.05, 4.69) is 63.6 Å². The molecule has 1 aromatic heterocycles. The second-order valence-electron chi connectivity index (χ2n) is 5.80. The van der Waals surface area contributed by atoms with Crippen molar-refractivity contribution < 1.29 is 0 Å². The molecule has 100 valence electrons. The van der Waals surface area contributed by atoms with Gasteiger partial charge in [0.2, 0.25) is 0 Å². The van der Waals surface area contributed by atoms with E-state index >= 15 is 0 Å². The third kappa shape index (κ3) is 3.23. The Balaban J connectivity index is 1.96. The summed E-state index contributed by atoms with van der Waals surface area (Å²) in [6.07, 6.45) is 1.96. The van der Waals surface area contributed by atoms with Gasteiger partial charge in [-0.3, -0.25) is 4.90 Å². The molecule has 0 radical (unpaired) electrons. The zero-order chi connectivity index (χ0) is 13.2. The van der Waals surface area contributed by atoms with Crippen LogP contribution in [-0.2, 0) is 5.33 Å². The predicted molar refractivity (Wildman–Crippen MR) is 80.4 cm³/mol. The van der Waals surface area contributed by atoms with Crippen LogP contribution in [0.4, 0.5) is 5.82 Å². The van der Waals surface area contributed by atoms with Crippen molar-refractivity contribution in [2.24, 2.45) is 0 Å². The van der Waals surface area contributed by atoms with E-state index in [9.17, 15) is 0 Å². The van der Waals surface area contributed by atoms with Gasteiger partial charge in [-0.1, -0.05) is 22.0 Å². The summed E-state index contributed by atoms with van der Waals surface area (Å²) in [7, 11) is 0. The van der Waals surface area contributed by atoms with Crippen molar-refractivity contribution >= 4 is 21.7 Å². The van der Waals surface area contributed by atoms with Gasteiger partial charge in [-0.05, 0) is 32.4 Å². The molecule has 1 saturated heterocycles. The van der Waals surface area contributed by atoms with E-state index in [0.717, 1.165) is 37.3 Å². The van der Waals surface area contributed by atoms with Crippen molar-refractivity contribution in [3.05, 3.63) is 23.9 Å². The van der Waals surface area contributed by atoms with E-state index in [1.165, 1.54) is 5.56 Å². The molecule has 1 aliphatic heterocycles. The van der Waals surface area contributed by atoms with E-state index in [1.807, 2.05) is 6.20 Å². The van der Waals surface area contributed by atoms with Crippen molar-refractivity contribution in [2.45, 2.75) is 31.6 Å². The molecule has 0 spiro atoms. The van der Waals surface area contributed by atoms with E-state index in [4.69, 9.17) is 0 Å². The van der Waals surface area contributed by atoms with Crippen LogP contribution in [0.2, 0.25) is 0 Å². The number of anilines is 1. The summed E-state index contributed by atoms with van der Waals surface area (Å²) >= 11 is 3.45. The number of rotatable bonds is 2. The van der Waals surface area contributed by atoms with Crippen LogP contribution in [0.1, 0.15) is 26.3 Å². The van der Waals surface area contributed by atoms with Gasteiger partial charge >= 0.3 is 0 Å². The van der Waals surface area contributed by atoms with Gasteiger partial charge in [0.05, 0.1) is 0 Å². The highest BCUT2D eigenvalue weighted by Gasteiger charge is 2.26. The standard InChI is InChI=1S/C14H22BrN3/c1-14(2,3)18-8-6-17(7-9-18)13-5-4-12(10-15)11-16-13/h4-5,11H,6-10H2,1-3H3. The van der Waals surface area contributed by atoms with Gasteiger partial charge in [-0.25, -0.2) is 4.98 Å². The van der Waals surface area contributed by atoms with Crippen LogP contribution in [0, 0.1) is 0 Å². The van der Waals surface area contributed by atoms with Gasteiger partial charge < -0.3 is 4.90 Å². The van der Waals surface area contributed by atoms with Crippen LogP contribution >= 0.6 is 15.9 Å². The minimum Gasteiger partial charge on any atom is -0.354 e. The van der Waals surface area contributed by atoms with Crippen molar-refractivity contribution in [1.29, 1.82) is 0 Å². The van der Waals surface area contributed by atoms with Crippen molar-refractivity contribution in [1.82, 2.24) is 9.88 Å². The van der Waals surface area contributed by atoms with E-state index in [0.29, 0.717) is 0 Å². The lowest BCUT2D eigenvalue weighted by molar-refractivity contribution is 0.128. The average molecular weight is 312 g/mol. The molecule has 2 heterocycles. The number of halogens is 1. The fourth-order valence-corrected chi connectivity index (χ4v) is 2.62. The molecular weight excluding hydrogens is 290 g/mol. The molecule has 1 aromatic rings. The Kier molecular flexibility index (Phi) is 4.28. The van der Waals surface area contributed by atoms with Crippen LogP contribution < -0.4 is 4.90 Å². The second kappa shape index (κ2) is 5.57. The molecule has 3 nitrogen and oxygen atoms in total. The fraction of sp³-hybridized carbons (Fsp3) is 0.643. The summed E-state index contributed by atoms with van der Waals surface area (Å²) < 4.78 is 0. The summed E-state index contributed by atoms with van der Waals surface area (Å²) in [5.41, 5.74) is 1.51. The molecule has 0 bridgehead atoms. The molecule has 18 heavy (non-hydrogen) atoms. The first-order valence-corrected chi connectivity index (χ1v) is 7.64. The third-order valence-electron chi connectivity index (χ3n) is 3.52. The second-order valence-corrected chi connectivity index (χ2v) is 6.36. The fourth-order valence-electron chi connectivity index (χ4n) is 2.29. The van der Waals surface area contributed by atoms with Crippen LogP contribution in [0.5, 0.6) is 0 Å². The van der Waals surface area contributed by atoms with Gasteiger partial charge in [0.25, 0.3) is 0 Å². The molecule has 0 saturated carbocycles. The van der Waals surface area contributed by atoms with Gasteiger partial charge in [-0.2, -0.15) is 0 Å². The van der Waals surface area contributed by atoms with E-state index in [-0.39, 0.29) is 5.54 Å². The van der Waals surface area contributed by atoms with Crippen molar-refractivity contribution in [3.63, 3.8) is 0 Å². The first-order chi connectivity index (χ1) is 8.50. The topological polar surface area (TPSA) is 19.4 Å². The zero-order valence-corrected chi connectivity index (χ0v) is 13.1. The highest BCUT2D eigenvalue weighted by Crippen LogP contribution is 2.19. The van der Waals surface area contributed by atoms with Crippen molar-refractivity contribution in [3.8, 4) is 0 Å². The summed E-state index contributed by atoms with van der Waals surface area (Å²) in [4.78, 5) is 9.45. The number of aromatic nitrogens is 1. The SMILES string of the molecule is CC(C)(C)N1CCN(c2ccc(CBr)cn2)CC1. The molecule has 0 unspecified atom stereocenters. The Hall–Kier alpha value is -0.610. The highest BCUT2D eigenvalue weighted by atomic mass is 79.9. The summed E-state index contributed by atoms with van der Waals surface area (Å²) in [6.45, 7) is 11.2. The van der Waals surface area contributed by atoms with Gasteiger partial charge in [0.15, 0.2) is 0 Å². The molecule has 1 aliphatic rings. The Morgan fingerprint density at radius 3 is 2.28 bits per heavy atom. The van der Waals surface area contributed by atoms with Gasteiger partial charge in [0.1, 0.15) is 5.82 Å². The summed E-state index contributed by atoms with van der Waals surface area (Å²) in [6, 6.07) is 4.27. The minimum absolute atomic E-state index is 0.277. The Morgan fingerprint density at radius 1 is 1.17 bits per heavy atom. The maximum absolute atomic E-state index is 4.54. The molecule has 4 heteroatoms. The molecule has 2 rings (SSSR count). The number of piperazine rings is 1. The minimum atomic E-state index is 0.277. The van der Waals surface area contributed by atoms with Crippen LogP contribution in [-0.4, -0.2) is 41.6 Å². The lowest BCUT2D eigenvalue weighted by Gasteiger charge is -2.42. The predicted octanol–water partition coefficient (Wildman–Crippen LogP) is 2.90. The number of pyridine rings is 1. The first kappa shape index (κ1) is 13.8. The lowest BCUT2D eigenvalue weighted by atomic mass is 10.1. The molecule has 0 amide bonds. The van der Waals surface area contributed by atoms with Crippen LogP contribution in [0.3, 0.4) is 0 Å². The Bertz CT molecular complexity index is 375. The number of alkyl halides is 1. The van der Waals surface area contributed by atoms with Gasteiger partial charge in [-0.15, -0.1) is 0 Å². The first-order valence-electron chi connectivity index (χ1n) is 6.51. The monoisotopic (exact) mass is 311 g/mol. The zero-order valence-electron chi connectivity index (χ0n) is 11.5. The van der Waals surface area contributed by atoms with Crippen LogP contribution in [0.15, 0.2) is 18.3 Å². The maximum atomic E-state index is 4.54. The Labute approximate surface area is 118 Å². The molecule has 1 fully saturated rings. The Morgan fingerprint density at radius 2 is 1.83 bits per heavy atom. The van der Waals surface area contributed by atoms with E-state index in [1.54, 1.807) is 0 Å². The quantitative estimate of drug-likeness (QED) is 0.783. The summed E-state index contributed by atoms with van der Waals surface area (Å²) in [5, 5.41) is 0.873. The number of nitrogens with zero attached hydrogens (tertiary/aromatic N) is 3. The van der Waals surface area contributed by atoms with E-state index < -0.39 is 0 Å². The lowest BCUT2D eigenvalue weighted by Crippen LogP contribution is -2.53. The molecule has 0 atom stereocenters. The number of hydrogen-bond donors (Lipinski definition) is 0. The van der Waals surface area contributed by atoms with Crippen molar-refractivity contribution in [2.75, 3.05) is 31.1 Å². The molecular formula is C14H22BrN3. The summed E-state index contributed by atoms with van der Waals surface area (Å²) in [5.74, 6) is 1.10. The molecule has 0 aliphatic carbocycles. The van der Waals surface area contributed by atoms with Crippen LogP contribution in [0.25, 0.3) is 0 Å². The smallest absolute Gasteiger partial charge is 0.128 e. The number of hydrogen-bond acceptors (Lipinski definition) is 3. The highest BCUT2D eigenvalue weighted by molar-refractivity contribution is 9.08. The molecule has 0 aromatic carbocycles. The molecule has 0 N–H and O–H groups in total. The normalized spacial score (nSPS) is 18.1. The maximum Gasteiger partial charge on any atom is 0.128 e. The largest absolute Gasteiger partial charge is 0.354 e. The van der Waals surface area contributed by atoms with Gasteiger partial charge in [0, 0.05) is 43.2 Å².